The van der Waals surface area contributed by atoms with Crippen LogP contribution in [0.25, 0.3) is 0 Å². The minimum absolute atomic E-state index is 0.243. The van der Waals surface area contributed by atoms with Crippen LogP contribution in [0, 0.1) is 19.7 Å². The summed E-state index contributed by atoms with van der Waals surface area (Å²) in [4.78, 5) is 4.39. The third-order valence-corrected chi connectivity index (χ3v) is 3.95. The molecular formula is C16H17FN2O. The molecule has 0 bridgehead atoms. The molecular weight excluding hydrogens is 255 g/mol. The number of ether oxygens (including phenoxy) is 1. The molecule has 0 spiro atoms. The molecule has 1 aromatic carbocycles. The van der Waals surface area contributed by atoms with Crippen molar-refractivity contribution in [3.05, 3.63) is 58.7 Å². The van der Waals surface area contributed by atoms with Crippen LogP contribution in [-0.4, -0.2) is 11.6 Å². The molecule has 1 atom stereocenters. The smallest absolute Gasteiger partial charge is 0.145 e. The molecule has 2 heterocycles. The molecule has 0 fully saturated rings. The summed E-state index contributed by atoms with van der Waals surface area (Å²) >= 11 is 0. The van der Waals surface area contributed by atoms with Crippen LogP contribution in [0.5, 0.6) is 5.75 Å². The number of benzene rings is 1. The molecule has 0 saturated heterocycles. The van der Waals surface area contributed by atoms with Crippen molar-refractivity contribution < 1.29 is 9.13 Å². The minimum Gasteiger partial charge on any atom is -0.491 e. The topological polar surface area (TPSA) is 48.1 Å². The van der Waals surface area contributed by atoms with Crippen molar-refractivity contribution in [1.29, 1.82) is 0 Å². The van der Waals surface area contributed by atoms with Gasteiger partial charge in [-0.05, 0) is 42.7 Å². The van der Waals surface area contributed by atoms with Crippen molar-refractivity contribution >= 4 is 0 Å². The lowest BCUT2D eigenvalue weighted by atomic mass is 9.81. The fraction of sp³-hybridized carbons (Fsp3) is 0.312. The van der Waals surface area contributed by atoms with Crippen molar-refractivity contribution in [3.63, 3.8) is 0 Å². The van der Waals surface area contributed by atoms with Gasteiger partial charge >= 0.3 is 0 Å². The number of nitrogens with zero attached hydrogens (tertiary/aromatic N) is 1. The number of fused-ring (bicyclic) bond motifs is 1. The molecule has 1 aliphatic rings. The van der Waals surface area contributed by atoms with Crippen molar-refractivity contribution in [2.75, 3.05) is 6.61 Å². The maximum absolute atomic E-state index is 13.9. The van der Waals surface area contributed by atoms with Gasteiger partial charge in [0.1, 0.15) is 17.3 Å². The van der Waals surface area contributed by atoms with Crippen LogP contribution >= 0.6 is 0 Å². The van der Waals surface area contributed by atoms with E-state index >= 15 is 0 Å². The van der Waals surface area contributed by atoms with Gasteiger partial charge in [0, 0.05) is 12.6 Å². The lowest BCUT2D eigenvalue weighted by Gasteiger charge is -2.35. The summed E-state index contributed by atoms with van der Waals surface area (Å²) in [5, 5.41) is 0. The fourth-order valence-corrected chi connectivity index (χ4v) is 2.63. The Bertz CT molecular complexity index is 672. The van der Waals surface area contributed by atoms with Crippen LogP contribution in [0.2, 0.25) is 0 Å². The molecule has 3 rings (SSSR count). The van der Waals surface area contributed by atoms with Gasteiger partial charge in [0.15, 0.2) is 0 Å². The van der Waals surface area contributed by atoms with Crippen LogP contribution < -0.4 is 10.5 Å². The molecule has 2 aromatic rings. The average molecular weight is 272 g/mol. The highest BCUT2D eigenvalue weighted by atomic mass is 19.1. The number of nitrogens with two attached hydrogens (primary N) is 1. The number of halogens is 1. The quantitative estimate of drug-likeness (QED) is 0.868. The largest absolute Gasteiger partial charge is 0.491 e. The van der Waals surface area contributed by atoms with Gasteiger partial charge in [0.05, 0.1) is 12.1 Å². The Morgan fingerprint density at radius 2 is 2.05 bits per heavy atom. The standard InChI is InChI=1S/C16H17FN2O/c1-10-3-4-12(9-13(10)17)16(18)6-8-20-14-11(2)5-7-19-15(14)16/h3-5,7,9H,6,8,18H2,1-2H3/t16-/m0/s1. The first-order valence-corrected chi connectivity index (χ1v) is 6.67. The Morgan fingerprint density at radius 3 is 2.80 bits per heavy atom. The lowest BCUT2D eigenvalue weighted by molar-refractivity contribution is 0.230. The SMILES string of the molecule is Cc1ccc([C@@]2(N)CCOc3c(C)ccnc32)cc1F. The van der Waals surface area contributed by atoms with Crippen LogP contribution in [-0.2, 0) is 5.54 Å². The van der Waals surface area contributed by atoms with Crippen molar-refractivity contribution in [3.8, 4) is 5.75 Å². The van der Waals surface area contributed by atoms with Gasteiger partial charge in [-0.3, -0.25) is 4.98 Å². The Balaban J connectivity index is 2.18. The molecule has 4 heteroatoms. The molecule has 0 saturated carbocycles. The Kier molecular flexibility index (Phi) is 2.98. The number of aromatic nitrogens is 1. The van der Waals surface area contributed by atoms with Gasteiger partial charge in [-0.15, -0.1) is 0 Å². The number of hydrogen-bond donors (Lipinski definition) is 1. The molecule has 0 unspecified atom stereocenters. The Hall–Kier alpha value is -1.94. The first-order chi connectivity index (χ1) is 9.52. The van der Waals surface area contributed by atoms with Gasteiger partial charge < -0.3 is 10.5 Å². The van der Waals surface area contributed by atoms with Crippen LogP contribution in [0.1, 0.15) is 28.8 Å². The number of aryl methyl sites for hydroxylation is 2. The predicted octanol–water partition coefficient (Wildman–Crippen LogP) is 2.82. The van der Waals surface area contributed by atoms with E-state index in [1.165, 1.54) is 6.07 Å². The summed E-state index contributed by atoms with van der Waals surface area (Å²) in [6, 6.07) is 7.02. The molecule has 104 valence electrons. The van der Waals surface area contributed by atoms with Crippen LogP contribution in [0.4, 0.5) is 4.39 Å². The van der Waals surface area contributed by atoms with Crippen molar-refractivity contribution in [2.45, 2.75) is 25.8 Å². The zero-order valence-corrected chi connectivity index (χ0v) is 11.6. The van der Waals surface area contributed by atoms with Gasteiger partial charge in [0.2, 0.25) is 0 Å². The maximum atomic E-state index is 13.9. The molecule has 2 N–H and O–H groups in total. The number of hydrogen-bond acceptors (Lipinski definition) is 3. The summed E-state index contributed by atoms with van der Waals surface area (Å²) in [6.07, 6.45) is 2.30. The summed E-state index contributed by atoms with van der Waals surface area (Å²) in [5.74, 6) is 0.482. The summed E-state index contributed by atoms with van der Waals surface area (Å²) in [7, 11) is 0. The maximum Gasteiger partial charge on any atom is 0.145 e. The lowest BCUT2D eigenvalue weighted by Crippen LogP contribution is -2.43. The average Bonchev–Trinajstić information content (AvgIpc) is 2.43. The summed E-state index contributed by atoms with van der Waals surface area (Å²) in [6.45, 7) is 4.20. The zero-order valence-electron chi connectivity index (χ0n) is 11.6. The van der Waals surface area contributed by atoms with E-state index < -0.39 is 5.54 Å². The van der Waals surface area contributed by atoms with E-state index in [0.717, 1.165) is 16.9 Å². The molecule has 0 radical (unpaired) electrons. The van der Waals surface area contributed by atoms with Crippen molar-refractivity contribution in [2.24, 2.45) is 5.73 Å². The second-order valence-corrected chi connectivity index (χ2v) is 5.34. The normalized spacial score (nSPS) is 21.2. The van der Waals surface area contributed by atoms with Gasteiger partial charge in [-0.25, -0.2) is 4.39 Å². The molecule has 20 heavy (non-hydrogen) atoms. The number of pyridine rings is 1. The van der Waals surface area contributed by atoms with Gasteiger partial charge in [0.25, 0.3) is 0 Å². The molecule has 0 aliphatic carbocycles. The monoisotopic (exact) mass is 272 g/mol. The minimum atomic E-state index is -0.797. The van der Waals surface area contributed by atoms with Gasteiger partial charge in [-0.1, -0.05) is 12.1 Å². The van der Waals surface area contributed by atoms with E-state index in [1.807, 2.05) is 19.1 Å². The molecule has 3 nitrogen and oxygen atoms in total. The van der Waals surface area contributed by atoms with E-state index in [0.29, 0.717) is 24.3 Å². The first kappa shape index (κ1) is 13.1. The molecule has 0 amide bonds. The first-order valence-electron chi connectivity index (χ1n) is 6.67. The third kappa shape index (κ3) is 1.88. The van der Waals surface area contributed by atoms with Crippen LogP contribution in [0.15, 0.2) is 30.5 Å². The van der Waals surface area contributed by atoms with E-state index in [4.69, 9.17) is 10.5 Å². The van der Waals surface area contributed by atoms with E-state index in [2.05, 4.69) is 4.98 Å². The van der Waals surface area contributed by atoms with Crippen molar-refractivity contribution in [1.82, 2.24) is 4.98 Å². The second-order valence-electron chi connectivity index (χ2n) is 5.34. The highest BCUT2D eigenvalue weighted by Gasteiger charge is 2.38. The van der Waals surface area contributed by atoms with Crippen LogP contribution in [0.3, 0.4) is 0 Å². The van der Waals surface area contributed by atoms with Gasteiger partial charge in [-0.2, -0.15) is 0 Å². The van der Waals surface area contributed by atoms with E-state index in [9.17, 15) is 4.39 Å². The molecule has 1 aromatic heterocycles. The Morgan fingerprint density at radius 1 is 1.25 bits per heavy atom. The summed E-state index contributed by atoms with van der Waals surface area (Å²) < 4.78 is 19.5. The highest BCUT2D eigenvalue weighted by molar-refractivity contribution is 5.47. The van der Waals surface area contributed by atoms with E-state index in [-0.39, 0.29) is 5.82 Å². The molecule has 1 aliphatic heterocycles. The predicted molar refractivity (Wildman–Crippen MR) is 75.2 cm³/mol. The Labute approximate surface area is 117 Å². The van der Waals surface area contributed by atoms with E-state index in [1.54, 1.807) is 19.2 Å². The fourth-order valence-electron chi connectivity index (χ4n) is 2.63. The summed E-state index contributed by atoms with van der Waals surface area (Å²) in [5.41, 5.74) is 8.81. The second kappa shape index (κ2) is 4.56. The third-order valence-electron chi connectivity index (χ3n) is 3.95. The highest BCUT2D eigenvalue weighted by Crippen LogP contribution is 2.40. The number of rotatable bonds is 1. The zero-order chi connectivity index (χ0) is 14.3.